The van der Waals surface area contributed by atoms with Crippen LogP contribution in [0.1, 0.15) is 23.1 Å². The summed E-state index contributed by atoms with van der Waals surface area (Å²) in [5.74, 6) is -0.535. The first-order chi connectivity index (χ1) is 7.47. The number of alkyl halides is 2. The van der Waals surface area contributed by atoms with Gasteiger partial charge in [0.15, 0.2) is 0 Å². The van der Waals surface area contributed by atoms with Gasteiger partial charge in [0.25, 0.3) is 6.43 Å². The Labute approximate surface area is 105 Å². The quantitative estimate of drug-likeness (QED) is 0.482. The molecule has 0 aliphatic rings. The number of esters is 1. The average molecular weight is 341 g/mol. The molecule has 0 fully saturated rings. The highest BCUT2D eigenvalue weighted by atomic mass is 127. The number of pyridine rings is 1. The van der Waals surface area contributed by atoms with Gasteiger partial charge in [0.2, 0.25) is 0 Å². The Kier molecular flexibility index (Phi) is 4.57. The maximum Gasteiger partial charge on any atom is 0.310 e. The molecule has 0 bridgehead atoms. The molecule has 0 saturated carbocycles. The van der Waals surface area contributed by atoms with Crippen molar-refractivity contribution in [2.24, 2.45) is 0 Å². The van der Waals surface area contributed by atoms with E-state index in [-0.39, 0.29) is 15.7 Å². The summed E-state index contributed by atoms with van der Waals surface area (Å²) >= 11 is 1.73. The van der Waals surface area contributed by atoms with Gasteiger partial charge in [-0.1, -0.05) is 0 Å². The SMILES string of the molecule is COC(=O)Cc1c(C)cnc(I)c1C(F)F. The predicted molar refractivity (Wildman–Crippen MR) is 62.4 cm³/mol. The van der Waals surface area contributed by atoms with Gasteiger partial charge in [-0.3, -0.25) is 4.79 Å². The fraction of sp³-hybridized carbons (Fsp3) is 0.400. The van der Waals surface area contributed by atoms with Crippen LogP contribution in [0.3, 0.4) is 0 Å². The number of aromatic nitrogens is 1. The summed E-state index contributed by atoms with van der Waals surface area (Å²) in [5.41, 5.74) is 0.702. The van der Waals surface area contributed by atoms with Crippen molar-refractivity contribution in [3.05, 3.63) is 26.6 Å². The smallest absolute Gasteiger partial charge is 0.310 e. The van der Waals surface area contributed by atoms with Gasteiger partial charge in [-0.05, 0) is 40.6 Å². The van der Waals surface area contributed by atoms with E-state index in [1.807, 2.05) is 0 Å². The molecule has 0 aliphatic heterocycles. The average Bonchev–Trinajstić information content (AvgIpc) is 2.22. The molecule has 0 radical (unpaired) electrons. The lowest BCUT2D eigenvalue weighted by Crippen LogP contribution is -2.11. The number of hydrogen-bond donors (Lipinski definition) is 0. The minimum Gasteiger partial charge on any atom is -0.469 e. The molecular formula is C10H10F2INO2. The zero-order valence-electron chi connectivity index (χ0n) is 8.76. The Bertz CT molecular complexity index is 410. The van der Waals surface area contributed by atoms with Crippen LogP contribution < -0.4 is 0 Å². The largest absolute Gasteiger partial charge is 0.469 e. The van der Waals surface area contributed by atoms with Gasteiger partial charge >= 0.3 is 5.97 Å². The van der Waals surface area contributed by atoms with E-state index < -0.39 is 12.4 Å². The minimum atomic E-state index is -2.64. The molecule has 0 atom stereocenters. The molecule has 0 aliphatic carbocycles. The third-order valence-corrected chi connectivity index (χ3v) is 3.02. The van der Waals surface area contributed by atoms with Crippen LogP contribution in [0, 0.1) is 10.6 Å². The predicted octanol–water partition coefficient (Wildman–Crippen LogP) is 2.65. The summed E-state index contributed by atoms with van der Waals surface area (Å²) in [6, 6.07) is 0. The van der Waals surface area contributed by atoms with Crippen LogP contribution in [-0.4, -0.2) is 18.1 Å². The summed E-state index contributed by atoms with van der Waals surface area (Å²) in [6.07, 6.45) is -1.31. The zero-order valence-corrected chi connectivity index (χ0v) is 10.9. The summed E-state index contributed by atoms with van der Waals surface area (Å²) in [5, 5.41) is 0. The molecule has 3 nitrogen and oxygen atoms in total. The highest BCUT2D eigenvalue weighted by Gasteiger charge is 2.21. The van der Waals surface area contributed by atoms with E-state index in [0.717, 1.165) is 0 Å². The second-order valence-corrected chi connectivity index (χ2v) is 4.20. The fourth-order valence-electron chi connectivity index (χ4n) is 1.31. The van der Waals surface area contributed by atoms with Gasteiger partial charge in [-0.15, -0.1) is 0 Å². The molecule has 1 rings (SSSR count). The van der Waals surface area contributed by atoms with Crippen molar-refractivity contribution in [1.82, 2.24) is 4.98 Å². The number of ether oxygens (including phenoxy) is 1. The Hall–Kier alpha value is -0.790. The first-order valence-corrected chi connectivity index (χ1v) is 5.54. The molecule has 88 valence electrons. The number of methoxy groups -OCH3 is 1. The van der Waals surface area contributed by atoms with Gasteiger partial charge < -0.3 is 4.74 Å². The van der Waals surface area contributed by atoms with Crippen molar-refractivity contribution in [1.29, 1.82) is 0 Å². The van der Waals surface area contributed by atoms with Crippen molar-refractivity contribution in [2.75, 3.05) is 7.11 Å². The van der Waals surface area contributed by atoms with Crippen molar-refractivity contribution >= 4 is 28.6 Å². The maximum atomic E-state index is 12.8. The number of rotatable bonds is 3. The van der Waals surface area contributed by atoms with Crippen LogP contribution in [0.25, 0.3) is 0 Å². The Balaban J connectivity index is 3.23. The summed E-state index contributed by atoms with van der Waals surface area (Å²) in [7, 11) is 1.23. The molecular weight excluding hydrogens is 331 g/mol. The van der Waals surface area contributed by atoms with E-state index >= 15 is 0 Å². The molecule has 1 aromatic heterocycles. The van der Waals surface area contributed by atoms with Gasteiger partial charge in [0, 0.05) is 6.20 Å². The number of halogens is 3. The first kappa shape index (κ1) is 13.3. The van der Waals surface area contributed by atoms with Gasteiger partial charge in [-0.2, -0.15) is 0 Å². The standard InChI is InChI=1S/C10H10F2INO2/c1-5-4-14-10(13)8(9(11)12)6(5)3-7(15)16-2/h4,9H,3H2,1-2H3. The molecule has 0 spiro atoms. The van der Waals surface area contributed by atoms with Gasteiger partial charge in [-0.25, -0.2) is 13.8 Å². The van der Waals surface area contributed by atoms with E-state index in [9.17, 15) is 13.6 Å². The Morgan fingerprint density at radius 2 is 2.25 bits per heavy atom. The number of carbonyl (C=O) groups is 1. The molecule has 0 N–H and O–H groups in total. The van der Waals surface area contributed by atoms with Crippen LogP contribution in [-0.2, 0) is 16.0 Å². The molecule has 0 unspecified atom stereocenters. The zero-order chi connectivity index (χ0) is 12.3. The second kappa shape index (κ2) is 5.51. The summed E-state index contributed by atoms with van der Waals surface area (Å²) in [6.45, 7) is 1.65. The Morgan fingerprint density at radius 1 is 1.62 bits per heavy atom. The number of aryl methyl sites for hydroxylation is 1. The molecule has 16 heavy (non-hydrogen) atoms. The fourth-order valence-corrected chi connectivity index (χ4v) is 2.01. The Morgan fingerprint density at radius 3 is 2.75 bits per heavy atom. The molecule has 0 aromatic carbocycles. The monoisotopic (exact) mass is 341 g/mol. The number of carbonyl (C=O) groups excluding carboxylic acids is 1. The van der Waals surface area contributed by atoms with Gasteiger partial charge in [0.05, 0.1) is 19.1 Å². The normalized spacial score (nSPS) is 10.6. The third-order valence-electron chi connectivity index (χ3n) is 2.16. The van der Waals surface area contributed by atoms with Crippen molar-refractivity contribution < 1.29 is 18.3 Å². The van der Waals surface area contributed by atoms with Crippen LogP contribution >= 0.6 is 22.6 Å². The van der Waals surface area contributed by atoms with Crippen molar-refractivity contribution in [3.63, 3.8) is 0 Å². The van der Waals surface area contributed by atoms with Crippen LogP contribution in [0.15, 0.2) is 6.20 Å². The minimum absolute atomic E-state index is 0.152. The number of hydrogen-bond acceptors (Lipinski definition) is 3. The molecule has 0 saturated heterocycles. The van der Waals surface area contributed by atoms with Gasteiger partial charge in [0.1, 0.15) is 3.70 Å². The lowest BCUT2D eigenvalue weighted by molar-refractivity contribution is -0.139. The second-order valence-electron chi connectivity index (χ2n) is 3.18. The highest BCUT2D eigenvalue weighted by Crippen LogP contribution is 2.29. The van der Waals surface area contributed by atoms with Crippen LogP contribution in [0.5, 0.6) is 0 Å². The van der Waals surface area contributed by atoms with E-state index in [0.29, 0.717) is 11.1 Å². The maximum absolute atomic E-state index is 12.8. The molecule has 6 heteroatoms. The van der Waals surface area contributed by atoms with Crippen LogP contribution in [0.4, 0.5) is 8.78 Å². The third kappa shape index (κ3) is 2.87. The molecule has 1 aromatic rings. The molecule has 1 heterocycles. The van der Waals surface area contributed by atoms with Crippen LogP contribution in [0.2, 0.25) is 0 Å². The van der Waals surface area contributed by atoms with E-state index in [1.54, 1.807) is 29.5 Å². The molecule has 0 amide bonds. The lowest BCUT2D eigenvalue weighted by Gasteiger charge is -2.12. The van der Waals surface area contributed by atoms with E-state index in [4.69, 9.17) is 0 Å². The van der Waals surface area contributed by atoms with Crippen molar-refractivity contribution in [3.8, 4) is 0 Å². The van der Waals surface area contributed by atoms with E-state index in [2.05, 4.69) is 9.72 Å². The first-order valence-electron chi connectivity index (χ1n) is 4.46. The summed E-state index contributed by atoms with van der Waals surface area (Å²) in [4.78, 5) is 15.0. The topological polar surface area (TPSA) is 39.2 Å². The lowest BCUT2D eigenvalue weighted by atomic mass is 10.0. The number of nitrogens with zero attached hydrogens (tertiary/aromatic N) is 1. The van der Waals surface area contributed by atoms with E-state index in [1.165, 1.54) is 13.3 Å². The highest BCUT2D eigenvalue weighted by molar-refractivity contribution is 14.1. The van der Waals surface area contributed by atoms with Crippen molar-refractivity contribution in [2.45, 2.75) is 19.8 Å². The summed E-state index contributed by atoms with van der Waals surface area (Å²) < 4.78 is 30.3.